The minimum absolute atomic E-state index is 0.289. The molecule has 3 nitrogen and oxygen atoms in total. The number of hydrogen-bond acceptors (Lipinski definition) is 2. The summed E-state index contributed by atoms with van der Waals surface area (Å²) in [5.41, 5.74) is 0. The van der Waals surface area contributed by atoms with Crippen LogP contribution in [0.15, 0.2) is 0 Å². The van der Waals surface area contributed by atoms with Crippen molar-refractivity contribution in [3.05, 3.63) is 0 Å². The Bertz CT molecular complexity index is 230. The van der Waals surface area contributed by atoms with Crippen LogP contribution >= 0.6 is 0 Å². The maximum absolute atomic E-state index is 11.3. The van der Waals surface area contributed by atoms with Crippen molar-refractivity contribution in [3.8, 4) is 0 Å². The molecule has 0 saturated heterocycles. The molecule has 2 aliphatic rings. The van der Waals surface area contributed by atoms with Crippen molar-refractivity contribution in [2.24, 2.45) is 5.92 Å². The Morgan fingerprint density at radius 1 is 1.00 bits per heavy atom. The molecule has 1 atom stereocenters. The first-order chi connectivity index (χ1) is 7.77. The van der Waals surface area contributed by atoms with Gasteiger partial charge >= 0.3 is 5.97 Å². The Balaban J connectivity index is 1.90. The van der Waals surface area contributed by atoms with Crippen LogP contribution in [0.1, 0.15) is 57.8 Å². The number of nitrogens with one attached hydrogen (secondary N) is 1. The Labute approximate surface area is 97.6 Å². The lowest BCUT2D eigenvalue weighted by atomic mass is 9.83. The Kier molecular flexibility index (Phi) is 4.22. The van der Waals surface area contributed by atoms with E-state index in [2.05, 4.69) is 5.32 Å². The van der Waals surface area contributed by atoms with Crippen LogP contribution in [0.4, 0.5) is 0 Å². The molecule has 0 aromatic carbocycles. The molecule has 0 aromatic heterocycles. The number of carboxylic acids is 1. The highest BCUT2D eigenvalue weighted by Gasteiger charge is 2.31. The average Bonchev–Trinajstić information content (AvgIpc) is 2.79. The summed E-state index contributed by atoms with van der Waals surface area (Å²) < 4.78 is 0. The van der Waals surface area contributed by atoms with Crippen molar-refractivity contribution in [1.82, 2.24) is 5.32 Å². The van der Waals surface area contributed by atoms with Gasteiger partial charge in [-0.2, -0.15) is 0 Å². The smallest absolute Gasteiger partial charge is 0.320 e. The Morgan fingerprint density at radius 2 is 1.56 bits per heavy atom. The van der Waals surface area contributed by atoms with Crippen LogP contribution in [-0.2, 0) is 4.79 Å². The molecule has 2 aliphatic carbocycles. The van der Waals surface area contributed by atoms with Gasteiger partial charge in [0.2, 0.25) is 0 Å². The zero-order valence-corrected chi connectivity index (χ0v) is 9.95. The fourth-order valence-corrected chi connectivity index (χ4v) is 3.22. The van der Waals surface area contributed by atoms with E-state index < -0.39 is 5.97 Å². The highest BCUT2D eigenvalue weighted by molar-refractivity contribution is 5.74. The van der Waals surface area contributed by atoms with Gasteiger partial charge in [-0.25, -0.2) is 0 Å². The SMILES string of the molecule is O=C(O)C(NC1CCCC1)C1CCCCC1. The van der Waals surface area contributed by atoms with E-state index >= 15 is 0 Å². The van der Waals surface area contributed by atoms with E-state index in [4.69, 9.17) is 0 Å². The number of hydrogen-bond donors (Lipinski definition) is 2. The highest BCUT2D eigenvalue weighted by Crippen LogP contribution is 2.28. The summed E-state index contributed by atoms with van der Waals surface area (Å²) in [5.74, 6) is -0.273. The number of carbonyl (C=O) groups is 1. The van der Waals surface area contributed by atoms with Crippen molar-refractivity contribution in [3.63, 3.8) is 0 Å². The highest BCUT2D eigenvalue weighted by atomic mass is 16.4. The number of rotatable bonds is 4. The lowest BCUT2D eigenvalue weighted by molar-refractivity contribution is -0.141. The number of aliphatic carboxylic acids is 1. The van der Waals surface area contributed by atoms with Gasteiger partial charge in [0.15, 0.2) is 0 Å². The fraction of sp³-hybridized carbons (Fsp3) is 0.923. The predicted octanol–water partition coefficient (Wildman–Crippen LogP) is 2.55. The molecular formula is C13H23NO2. The Hall–Kier alpha value is -0.570. The van der Waals surface area contributed by atoms with E-state index in [0.29, 0.717) is 12.0 Å². The molecule has 2 N–H and O–H groups in total. The van der Waals surface area contributed by atoms with E-state index in [9.17, 15) is 9.90 Å². The second-order valence-corrected chi connectivity index (χ2v) is 5.36. The molecule has 2 fully saturated rings. The standard InChI is InChI=1S/C13H23NO2/c15-13(16)12(10-6-2-1-3-7-10)14-11-8-4-5-9-11/h10-12,14H,1-9H2,(H,15,16). The van der Waals surface area contributed by atoms with E-state index in [0.717, 1.165) is 25.7 Å². The molecule has 3 heteroatoms. The molecule has 0 bridgehead atoms. The van der Waals surface area contributed by atoms with Crippen molar-refractivity contribution in [1.29, 1.82) is 0 Å². The topological polar surface area (TPSA) is 49.3 Å². The quantitative estimate of drug-likeness (QED) is 0.773. The molecule has 0 aromatic rings. The molecule has 0 radical (unpaired) electrons. The first-order valence-electron chi connectivity index (χ1n) is 6.76. The summed E-state index contributed by atoms with van der Waals surface area (Å²) >= 11 is 0. The predicted molar refractivity (Wildman–Crippen MR) is 63.4 cm³/mol. The molecular weight excluding hydrogens is 202 g/mol. The van der Waals surface area contributed by atoms with Gasteiger partial charge in [-0.3, -0.25) is 4.79 Å². The van der Waals surface area contributed by atoms with E-state index in [1.807, 2.05) is 0 Å². The molecule has 1 unspecified atom stereocenters. The van der Waals surface area contributed by atoms with Crippen LogP contribution in [0.25, 0.3) is 0 Å². The van der Waals surface area contributed by atoms with Gasteiger partial charge in [0.05, 0.1) is 0 Å². The van der Waals surface area contributed by atoms with Crippen LogP contribution in [0.2, 0.25) is 0 Å². The molecule has 0 spiro atoms. The van der Waals surface area contributed by atoms with Gasteiger partial charge in [-0.1, -0.05) is 32.1 Å². The largest absolute Gasteiger partial charge is 0.480 e. The van der Waals surface area contributed by atoms with Gasteiger partial charge in [-0.15, -0.1) is 0 Å². The average molecular weight is 225 g/mol. The molecule has 2 saturated carbocycles. The zero-order valence-electron chi connectivity index (χ0n) is 9.95. The van der Waals surface area contributed by atoms with Crippen molar-refractivity contribution in [2.45, 2.75) is 69.9 Å². The van der Waals surface area contributed by atoms with Crippen LogP contribution in [0, 0.1) is 5.92 Å². The van der Waals surface area contributed by atoms with Crippen molar-refractivity contribution in [2.75, 3.05) is 0 Å². The van der Waals surface area contributed by atoms with Gasteiger partial charge in [0.1, 0.15) is 6.04 Å². The van der Waals surface area contributed by atoms with Crippen LogP contribution in [0.5, 0.6) is 0 Å². The summed E-state index contributed by atoms with van der Waals surface area (Å²) in [4.78, 5) is 11.3. The molecule has 0 amide bonds. The number of carboxylic acid groups (broad SMARTS) is 1. The van der Waals surface area contributed by atoms with Crippen LogP contribution in [-0.4, -0.2) is 23.2 Å². The summed E-state index contributed by atoms with van der Waals surface area (Å²) in [6.07, 6.45) is 10.7. The minimum Gasteiger partial charge on any atom is -0.480 e. The fourth-order valence-electron chi connectivity index (χ4n) is 3.22. The zero-order chi connectivity index (χ0) is 11.4. The van der Waals surface area contributed by atoms with Gasteiger partial charge < -0.3 is 10.4 Å². The van der Waals surface area contributed by atoms with E-state index in [-0.39, 0.29) is 6.04 Å². The summed E-state index contributed by atoms with van der Waals surface area (Å²) in [5, 5.41) is 12.7. The summed E-state index contributed by atoms with van der Waals surface area (Å²) in [7, 11) is 0. The lowest BCUT2D eigenvalue weighted by Crippen LogP contribution is -2.47. The van der Waals surface area contributed by atoms with Gasteiger partial charge in [-0.05, 0) is 31.6 Å². The molecule has 92 valence electrons. The third kappa shape index (κ3) is 2.97. The molecule has 2 rings (SSSR count). The monoisotopic (exact) mass is 225 g/mol. The lowest BCUT2D eigenvalue weighted by Gasteiger charge is -2.30. The molecule has 16 heavy (non-hydrogen) atoms. The summed E-state index contributed by atoms with van der Waals surface area (Å²) in [6.45, 7) is 0. The first kappa shape index (κ1) is 11.9. The first-order valence-corrected chi connectivity index (χ1v) is 6.76. The third-order valence-corrected chi connectivity index (χ3v) is 4.16. The third-order valence-electron chi connectivity index (χ3n) is 4.16. The maximum atomic E-state index is 11.3. The van der Waals surface area contributed by atoms with Crippen molar-refractivity contribution >= 4 is 5.97 Å². The maximum Gasteiger partial charge on any atom is 0.320 e. The van der Waals surface area contributed by atoms with E-state index in [1.165, 1.54) is 32.1 Å². The van der Waals surface area contributed by atoms with Crippen LogP contribution in [0.3, 0.4) is 0 Å². The molecule has 0 aliphatic heterocycles. The second-order valence-electron chi connectivity index (χ2n) is 5.36. The Morgan fingerprint density at radius 3 is 2.12 bits per heavy atom. The van der Waals surface area contributed by atoms with E-state index in [1.54, 1.807) is 0 Å². The van der Waals surface area contributed by atoms with Gasteiger partial charge in [0.25, 0.3) is 0 Å². The minimum atomic E-state index is -0.640. The summed E-state index contributed by atoms with van der Waals surface area (Å²) in [6, 6.07) is 0.173. The van der Waals surface area contributed by atoms with Crippen LogP contribution < -0.4 is 5.32 Å². The van der Waals surface area contributed by atoms with Gasteiger partial charge in [0, 0.05) is 6.04 Å². The normalized spacial score (nSPS) is 25.8. The molecule has 0 heterocycles. The second kappa shape index (κ2) is 5.67. The van der Waals surface area contributed by atoms with Crippen molar-refractivity contribution < 1.29 is 9.90 Å².